The van der Waals surface area contributed by atoms with Gasteiger partial charge in [0.15, 0.2) is 0 Å². The minimum Gasteiger partial charge on any atom is -0.352 e. The van der Waals surface area contributed by atoms with Gasteiger partial charge in [0.1, 0.15) is 42.0 Å². The Morgan fingerprint density at radius 2 is 1.14 bits per heavy atom. The number of aryl methyl sites for hydroxylation is 2. The Morgan fingerprint density at radius 1 is 0.638 bits per heavy atom. The lowest BCUT2D eigenvalue weighted by molar-refractivity contribution is -0.140. The van der Waals surface area contributed by atoms with Gasteiger partial charge in [0.25, 0.3) is 0 Å². The molecule has 8 atom stereocenters. The zero-order chi connectivity index (χ0) is 51.5. The maximum atomic E-state index is 14.4. The minimum absolute atomic E-state index is 0.00126. The predicted molar refractivity (Wildman–Crippen MR) is 263 cm³/mol. The van der Waals surface area contributed by atoms with Crippen molar-refractivity contribution in [2.45, 2.75) is 169 Å². The number of nitrogens with zero attached hydrogens (tertiary/aromatic N) is 1. The van der Waals surface area contributed by atoms with Gasteiger partial charge < -0.3 is 47.9 Å². The summed E-state index contributed by atoms with van der Waals surface area (Å²) in [5.74, 6) is -5.49. The summed E-state index contributed by atoms with van der Waals surface area (Å²) in [5, 5.41) is 19.0. The zero-order valence-corrected chi connectivity index (χ0v) is 42.2. The van der Waals surface area contributed by atoms with Crippen LogP contribution in [-0.2, 0) is 56.0 Å². The molecular weight excluding hydrogens is 883 g/mol. The molecule has 1 aliphatic heterocycles. The van der Waals surface area contributed by atoms with Gasteiger partial charge in [0.05, 0.1) is 12.6 Å². The zero-order valence-electron chi connectivity index (χ0n) is 42.2. The summed E-state index contributed by atoms with van der Waals surface area (Å²) in [4.78, 5) is 123. The van der Waals surface area contributed by atoms with Crippen molar-refractivity contribution in [1.82, 2.24) is 42.1 Å². The lowest BCUT2D eigenvalue weighted by Gasteiger charge is -2.29. The monoisotopic (exact) mass is 960 g/mol. The van der Waals surface area contributed by atoms with Crippen LogP contribution in [0.15, 0.2) is 48.5 Å². The third kappa shape index (κ3) is 18.7. The van der Waals surface area contributed by atoms with Crippen molar-refractivity contribution in [3.8, 4) is 0 Å². The molecule has 1 saturated heterocycles. The van der Waals surface area contributed by atoms with Gasteiger partial charge in [-0.15, -0.1) is 0 Å². The van der Waals surface area contributed by atoms with E-state index >= 15 is 0 Å². The molecule has 0 aliphatic carbocycles. The van der Waals surface area contributed by atoms with Crippen LogP contribution in [0.2, 0.25) is 0 Å². The van der Waals surface area contributed by atoms with Gasteiger partial charge in [0.2, 0.25) is 47.3 Å². The molecule has 1 unspecified atom stereocenters. The van der Waals surface area contributed by atoms with Crippen LogP contribution in [0.3, 0.4) is 0 Å². The highest BCUT2D eigenvalue weighted by Crippen LogP contribution is 2.20. The van der Waals surface area contributed by atoms with Crippen molar-refractivity contribution in [1.29, 1.82) is 0 Å². The largest absolute Gasteiger partial charge is 0.352 e. The third-order valence-corrected chi connectivity index (χ3v) is 12.1. The molecule has 0 saturated carbocycles. The van der Waals surface area contributed by atoms with E-state index in [1.807, 2.05) is 65.8 Å². The van der Waals surface area contributed by atoms with Crippen LogP contribution in [0.5, 0.6) is 0 Å². The number of rotatable bonds is 26. The highest BCUT2D eigenvalue weighted by atomic mass is 16.2. The summed E-state index contributed by atoms with van der Waals surface area (Å²) in [6, 6.07) is 6.75. The van der Waals surface area contributed by atoms with Crippen molar-refractivity contribution < 1.29 is 43.2 Å². The average molecular weight is 960 g/mol. The molecule has 9 N–H and O–H groups in total. The Balaban J connectivity index is 1.86. The Morgan fingerprint density at radius 3 is 1.64 bits per heavy atom. The number of hydrogen-bond acceptors (Lipinski definition) is 10. The maximum Gasteiger partial charge on any atom is 0.243 e. The molecule has 18 nitrogen and oxygen atoms in total. The first kappa shape index (κ1) is 57.1. The number of carbonyl (C=O) groups excluding carboxylic acids is 9. The lowest BCUT2D eigenvalue weighted by atomic mass is 10.0. The first-order valence-corrected chi connectivity index (χ1v) is 24.3. The fourth-order valence-corrected chi connectivity index (χ4v) is 7.88. The molecule has 0 radical (unpaired) electrons. The first-order chi connectivity index (χ1) is 32.5. The number of nitrogens with one attached hydrogen (secondary N) is 7. The van der Waals surface area contributed by atoms with E-state index < -0.39 is 96.5 Å². The molecular formula is C51H77N9O9. The van der Waals surface area contributed by atoms with E-state index in [1.165, 1.54) is 11.8 Å². The van der Waals surface area contributed by atoms with Crippen LogP contribution in [0.25, 0.3) is 0 Å². The van der Waals surface area contributed by atoms with Gasteiger partial charge >= 0.3 is 0 Å². The highest BCUT2D eigenvalue weighted by molar-refractivity contribution is 5.99. The van der Waals surface area contributed by atoms with Gasteiger partial charge in [-0.05, 0) is 82.8 Å². The fourth-order valence-electron chi connectivity index (χ4n) is 7.88. The van der Waals surface area contributed by atoms with Crippen molar-refractivity contribution >= 4 is 53.0 Å². The molecule has 2 aromatic rings. The number of benzene rings is 2. The number of ketones is 1. The molecule has 0 bridgehead atoms. The molecule has 8 amide bonds. The topological polar surface area (TPSA) is 267 Å². The van der Waals surface area contributed by atoms with Crippen LogP contribution < -0.4 is 43.0 Å². The van der Waals surface area contributed by atoms with Gasteiger partial charge in [-0.2, -0.15) is 0 Å². The number of carbonyl (C=O) groups is 9. The van der Waals surface area contributed by atoms with Crippen molar-refractivity contribution in [3.05, 3.63) is 70.8 Å². The molecule has 0 spiro atoms. The third-order valence-electron chi connectivity index (χ3n) is 12.1. The minimum atomic E-state index is -1.47. The van der Waals surface area contributed by atoms with Gasteiger partial charge in [-0.1, -0.05) is 101 Å². The van der Waals surface area contributed by atoms with E-state index in [0.717, 1.165) is 11.1 Å². The van der Waals surface area contributed by atoms with Crippen molar-refractivity contribution in [2.75, 3.05) is 13.1 Å². The van der Waals surface area contributed by atoms with E-state index in [1.54, 1.807) is 45.0 Å². The van der Waals surface area contributed by atoms with Gasteiger partial charge in [-0.3, -0.25) is 43.2 Å². The highest BCUT2D eigenvalue weighted by Gasteiger charge is 2.38. The van der Waals surface area contributed by atoms with E-state index in [0.29, 0.717) is 43.4 Å². The SMILES string of the molecule is CC[C@@H](C)NC(=O)C(NC(=O)CNC(=O)[C@H](Cc1ccc(C)cc1)NC(=O)[C@H](Cc1ccc(C)cc1)NC(=O)[C@H](CC(C)=O)NC(=O)[C@H](CC)NC(=O)[C@@H]1CCCN1C(=O)[C@@H](N)CC(C)C)C(C)C. The molecule has 0 aromatic heterocycles. The average Bonchev–Trinajstić information content (AvgIpc) is 3.79. The molecule has 2 aromatic carbocycles. The summed E-state index contributed by atoms with van der Waals surface area (Å²) in [7, 11) is 0. The smallest absolute Gasteiger partial charge is 0.243 e. The number of nitrogens with two attached hydrogens (primary N) is 1. The lowest BCUT2D eigenvalue weighted by Crippen LogP contribution is -2.60. The van der Waals surface area contributed by atoms with Gasteiger partial charge in [0, 0.05) is 31.8 Å². The molecule has 1 aliphatic rings. The van der Waals surface area contributed by atoms with E-state index in [9.17, 15) is 43.2 Å². The second-order valence-corrected chi connectivity index (χ2v) is 19.2. The number of amides is 8. The van der Waals surface area contributed by atoms with Crippen LogP contribution >= 0.6 is 0 Å². The van der Waals surface area contributed by atoms with Crippen LogP contribution in [0.1, 0.15) is 116 Å². The molecule has 18 heteroatoms. The van der Waals surface area contributed by atoms with E-state index in [2.05, 4.69) is 37.2 Å². The van der Waals surface area contributed by atoms with Crippen LogP contribution in [0, 0.1) is 25.7 Å². The first-order valence-electron chi connectivity index (χ1n) is 24.3. The maximum absolute atomic E-state index is 14.4. The number of hydrogen-bond donors (Lipinski definition) is 8. The van der Waals surface area contributed by atoms with Crippen molar-refractivity contribution in [3.63, 3.8) is 0 Å². The molecule has 380 valence electrons. The standard InChI is InChI=1S/C51H77N9O9/c1-11-33(9)54-50(68)44(30(5)6)59-43(62)28-53-45(63)40(26-35-19-15-31(7)16-20-35)57-48(66)41(27-36-21-17-32(8)18-22-36)58-47(65)39(25-34(10)61)56-46(64)38(12-2)55-49(67)42-14-13-23-60(42)51(69)37(52)24-29(3)4/h15-22,29-30,33,37-42,44H,11-14,23-28,52H2,1-10H3,(H,53,63)(H,54,68)(H,55,67)(H,56,64)(H,57,66)(H,58,65)(H,59,62)/t33-,37+,38+,39+,40+,41+,42+,44?/m1/s1. The summed E-state index contributed by atoms with van der Waals surface area (Å²) in [5.41, 5.74) is 9.43. The van der Waals surface area contributed by atoms with Crippen LogP contribution in [0.4, 0.5) is 0 Å². The fraction of sp³-hybridized carbons (Fsp3) is 0.588. The quantitative estimate of drug-likeness (QED) is 0.0680. The summed E-state index contributed by atoms with van der Waals surface area (Å²) < 4.78 is 0. The Labute approximate surface area is 407 Å². The number of likely N-dealkylation sites (tertiary alicyclic amines) is 1. The molecule has 69 heavy (non-hydrogen) atoms. The van der Waals surface area contributed by atoms with E-state index in [-0.39, 0.29) is 49.0 Å². The molecule has 1 fully saturated rings. The summed E-state index contributed by atoms with van der Waals surface area (Å²) in [6.45, 7) is 17.8. The van der Waals surface area contributed by atoms with Gasteiger partial charge in [-0.25, -0.2) is 0 Å². The van der Waals surface area contributed by atoms with Crippen LogP contribution in [-0.4, -0.2) is 119 Å². The summed E-state index contributed by atoms with van der Waals surface area (Å²) >= 11 is 0. The molecule has 1 heterocycles. The molecule has 3 rings (SSSR count). The predicted octanol–water partition coefficient (Wildman–Crippen LogP) is 1.95. The summed E-state index contributed by atoms with van der Waals surface area (Å²) in [6.07, 6.45) is 1.70. The normalized spacial score (nSPS) is 16.5. The second-order valence-electron chi connectivity index (χ2n) is 19.2. The second kappa shape index (κ2) is 27.7. The Bertz CT molecular complexity index is 2090. The Kier molecular flexibility index (Phi) is 23.0. The van der Waals surface area contributed by atoms with E-state index in [4.69, 9.17) is 5.73 Å². The number of Topliss-reactive ketones (excluding diaryl/α,β-unsaturated/α-hetero) is 1. The Hall–Kier alpha value is -6.17. The van der Waals surface area contributed by atoms with Crippen molar-refractivity contribution in [2.24, 2.45) is 17.6 Å².